The second-order valence-corrected chi connectivity index (χ2v) is 7.94. The summed E-state index contributed by atoms with van der Waals surface area (Å²) in [5.41, 5.74) is 5.39. The average molecular weight is 413 g/mol. The zero-order valence-electron chi connectivity index (χ0n) is 16.3. The molecule has 29 heavy (non-hydrogen) atoms. The van der Waals surface area contributed by atoms with Gasteiger partial charge >= 0.3 is 5.97 Å². The first-order chi connectivity index (χ1) is 14.1. The maximum absolute atomic E-state index is 11.0. The summed E-state index contributed by atoms with van der Waals surface area (Å²) in [6, 6.07) is 15.2. The highest BCUT2D eigenvalue weighted by molar-refractivity contribution is 6.30. The van der Waals surface area contributed by atoms with Crippen molar-refractivity contribution in [1.29, 1.82) is 0 Å². The molecule has 2 heterocycles. The van der Waals surface area contributed by atoms with Crippen LogP contribution >= 0.6 is 11.6 Å². The number of carboxylic acid groups (broad SMARTS) is 1. The Hall–Kier alpha value is -2.34. The van der Waals surface area contributed by atoms with Crippen LogP contribution in [0.25, 0.3) is 5.57 Å². The van der Waals surface area contributed by atoms with Crippen LogP contribution < -0.4 is 4.90 Å². The lowest BCUT2D eigenvalue weighted by Gasteiger charge is -2.37. The van der Waals surface area contributed by atoms with Crippen LogP contribution in [-0.4, -0.2) is 61.9 Å². The highest BCUT2D eigenvalue weighted by Crippen LogP contribution is 2.28. The van der Waals surface area contributed by atoms with Crippen LogP contribution in [0, 0.1) is 0 Å². The van der Waals surface area contributed by atoms with Crippen LogP contribution in [0.4, 0.5) is 5.69 Å². The van der Waals surface area contributed by atoms with Gasteiger partial charge in [-0.05, 0) is 59.5 Å². The molecule has 1 fully saturated rings. The van der Waals surface area contributed by atoms with E-state index in [1.807, 2.05) is 24.3 Å². The SMILES string of the molecule is O=C(O)c1ccc(N2CCN(CC3=C(c4ccc(Cl)cc4)CCOC3)CC2)cc1. The van der Waals surface area contributed by atoms with Gasteiger partial charge in [0.15, 0.2) is 0 Å². The van der Waals surface area contributed by atoms with Crippen molar-refractivity contribution in [1.82, 2.24) is 4.90 Å². The lowest BCUT2D eigenvalue weighted by atomic mass is 9.95. The van der Waals surface area contributed by atoms with Gasteiger partial charge in [0.25, 0.3) is 0 Å². The molecule has 1 N–H and O–H groups in total. The van der Waals surface area contributed by atoms with Gasteiger partial charge in [-0.15, -0.1) is 0 Å². The third kappa shape index (κ3) is 4.81. The zero-order chi connectivity index (χ0) is 20.2. The minimum Gasteiger partial charge on any atom is -0.478 e. The van der Waals surface area contributed by atoms with Gasteiger partial charge in [-0.1, -0.05) is 23.7 Å². The smallest absolute Gasteiger partial charge is 0.335 e. The van der Waals surface area contributed by atoms with Crippen LogP contribution in [0.1, 0.15) is 22.3 Å². The molecule has 2 aromatic rings. The number of halogens is 1. The Labute approximate surface area is 176 Å². The summed E-state index contributed by atoms with van der Waals surface area (Å²) in [6.45, 7) is 6.17. The summed E-state index contributed by atoms with van der Waals surface area (Å²) >= 11 is 6.05. The number of hydrogen-bond donors (Lipinski definition) is 1. The minimum atomic E-state index is -0.888. The van der Waals surface area contributed by atoms with Gasteiger partial charge in [0.2, 0.25) is 0 Å². The van der Waals surface area contributed by atoms with E-state index in [4.69, 9.17) is 21.4 Å². The summed E-state index contributed by atoms with van der Waals surface area (Å²) in [5, 5.41) is 9.81. The fraction of sp³-hybridized carbons (Fsp3) is 0.348. The molecule has 152 valence electrons. The molecule has 1 saturated heterocycles. The summed E-state index contributed by atoms with van der Waals surface area (Å²) in [7, 11) is 0. The number of benzene rings is 2. The summed E-state index contributed by atoms with van der Waals surface area (Å²) in [5.74, 6) is -0.888. The molecule has 2 aliphatic rings. The van der Waals surface area contributed by atoms with E-state index in [0.717, 1.165) is 56.5 Å². The van der Waals surface area contributed by atoms with E-state index in [9.17, 15) is 4.79 Å². The summed E-state index contributed by atoms with van der Waals surface area (Å²) in [4.78, 5) is 15.8. The number of carboxylic acids is 1. The van der Waals surface area contributed by atoms with Gasteiger partial charge in [-0.3, -0.25) is 4.90 Å². The van der Waals surface area contributed by atoms with Crippen LogP contribution in [0.3, 0.4) is 0 Å². The quantitative estimate of drug-likeness (QED) is 0.803. The van der Waals surface area contributed by atoms with Gasteiger partial charge in [0.05, 0.1) is 18.8 Å². The molecule has 0 radical (unpaired) electrons. The van der Waals surface area contributed by atoms with Crippen LogP contribution in [-0.2, 0) is 4.74 Å². The molecule has 0 bridgehead atoms. The first-order valence-electron chi connectivity index (χ1n) is 9.95. The normalized spacial score (nSPS) is 18.2. The van der Waals surface area contributed by atoms with E-state index in [0.29, 0.717) is 12.2 Å². The van der Waals surface area contributed by atoms with E-state index < -0.39 is 5.97 Å². The highest BCUT2D eigenvalue weighted by atomic mass is 35.5. The molecule has 0 amide bonds. The third-order valence-corrected chi connectivity index (χ3v) is 5.91. The topological polar surface area (TPSA) is 53.0 Å². The number of hydrogen-bond acceptors (Lipinski definition) is 4. The maximum Gasteiger partial charge on any atom is 0.335 e. The Balaban J connectivity index is 1.40. The van der Waals surface area contributed by atoms with Crippen molar-refractivity contribution >= 4 is 28.8 Å². The second-order valence-electron chi connectivity index (χ2n) is 7.51. The van der Waals surface area contributed by atoms with E-state index in [2.05, 4.69) is 21.9 Å². The number of carbonyl (C=O) groups is 1. The summed E-state index contributed by atoms with van der Waals surface area (Å²) < 4.78 is 5.75. The molecule has 0 spiro atoms. The third-order valence-electron chi connectivity index (χ3n) is 5.66. The number of aromatic carboxylic acids is 1. The average Bonchev–Trinajstić information content (AvgIpc) is 2.75. The molecule has 0 unspecified atom stereocenters. The van der Waals surface area contributed by atoms with Crippen LogP contribution in [0.15, 0.2) is 54.1 Å². The van der Waals surface area contributed by atoms with Crippen LogP contribution in [0.5, 0.6) is 0 Å². The monoisotopic (exact) mass is 412 g/mol. The van der Waals surface area contributed by atoms with Crippen LogP contribution in [0.2, 0.25) is 5.02 Å². The number of anilines is 1. The molecule has 0 atom stereocenters. The minimum absolute atomic E-state index is 0.325. The fourth-order valence-electron chi connectivity index (χ4n) is 4.02. The Morgan fingerprint density at radius 3 is 2.34 bits per heavy atom. The molecule has 0 saturated carbocycles. The van der Waals surface area contributed by atoms with E-state index in [1.165, 1.54) is 16.7 Å². The molecule has 0 aliphatic carbocycles. The van der Waals surface area contributed by atoms with Crippen molar-refractivity contribution in [3.8, 4) is 0 Å². The van der Waals surface area contributed by atoms with E-state index >= 15 is 0 Å². The van der Waals surface area contributed by atoms with Crippen molar-refractivity contribution < 1.29 is 14.6 Å². The zero-order valence-corrected chi connectivity index (χ0v) is 17.1. The fourth-order valence-corrected chi connectivity index (χ4v) is 4.15. The molecule has 4 rings (SSSR count). The van der Waals surface area contributed by atoms with Crippen molar-refractivity contribution in [3.63, 3.8) is 0 Å². The van der Waals surface area contributed by atoms with E-state index in [-0.39, 0.29) is 0 Å². The molecule has 2 aliphatic heterocycles. The first-order valence-corrected chi connectivity index (χ1v) is 10.3. The van der Waals surface area contributed by atoms with Gasteiger partial charge < -0.3 is 14.7 Å². The lowest BCUT2D eigenvalue weighted by molar-refractivity contribution is 0.0697. The number of rotatable bonds is 5. The Bertz CT molecular complexity index is 885. The molecule has 6 heteroatoms. The van der Waals surface area contributed by atoms with Gasteiger partial charge in [-0.2, -0.15) is 0 Å². The second kappa shape index (κ2) is 8.99. The van der Waals surface area contributed by atoms with E-state index in [1.54, 1.807) is 12.1 Å². The Morgan fingerprint density at radius 2 is 1.69 bits per heavy atom. The maximum atomic E-state index is 11.0. The number of piperazine rings is 1. The van der Waals surface area contributed by atoms with Crippen molar-refractivity contribution in [2.24, 2.45) is 0 Å². The lowest BCUT2D eigenvalue weighted by Crippen LogP contribution is -2.47. The first kappa shape index (κ1) is 20.0. The highest BCUT2D eigenvalue weighted by Gasteiger charge is 2.21. The van der Waals surface area contributed by atoms with Gasteiger partial charge in [0.1, 0.15) is 0 Å². The van der Waals surface area contributed by atoms with Crippen molar-refractivity contribution in [2.45, 2.75) is 6.42 Å². The Kier molecular flexibility index (Phi) is 6.19. The molecule has 0 aromatic heterocycles. The van der Waals surface area contributed by atoms with Crippen molar-refractivity contribution in [2.75, 3.05) is 50.8 Å². The summed E-state index contributed by atoms with van der Waals surface area (Å²) in [6.07, 6.45) is 0.937. The van der Waals surface area contributed by atoms with Crippen molar-refractivity contribution in [3.05, 3.63) is 70.3 Å². The standard InChI is InChI=1S/C23H25ClN2O3/c24-20-5-1-17(2-6-20)22-9-14-29-16-19(22)15-25-10-12-26(13-11-25)21-7-3-18(4-8-21)23(27)28/h1-8H,9-16H2,(H,27,28). The predicted octanol–water partition coefficient (Wildman–Crippen LogP) is 4.03. The number of ether oxygens (including phenoxy) is 1. The molecule has 2 aromatic carbocycles. The van der Waals surface area contributed by atoms with Gasteiger partial charge in [-0.25, -0.2) is 4.79 Å². The number of nitrogens with zero attached hydrogens (tertiary/aromatic N) is 2. The Morgan fingerprint density at radius 1 is 1.00 bits per heavy atom. The molecular weight excluding hydrogens is 388 g/mol. The molecule has 5 nitrogen and oxygen atoms in total. The van der Waals surface area contributed by atoms with Gasteiger partial charge in [0, 0.05) is 43.4 Å². The molecular formula is C23H25ClN2O3. The predicted molar refractivity (Wildman–Crippen MR) is 116 cm³/mol. The largest absolute Gasteiger partial charge is 0.478 e.